The molecule has 4 rings (SSSR count). The molecule has 3 aromatic rings. The molecule has 0 fully saturated rings. The van der Waals surface area contributed by atoms with Crippen LogP contribution in [0, 0.1) is 20.8 Å². The summed E-state index contributed by atoms with van der Waals surface area (Å²) in [6.45, 7) is 120. The third-order valence-corrected chi connectivity index (χ3v) is 55.1. The van der Waals surface area contributed by atoms with E-state index in [1.165, 1.54) is 0 Å². The Hall–Kier alpha value is 1.54. The molecule has 17 heteroatoms. The van der Waals surface area contributed by atoms with E-state index in [2.05, 4.69) is 305 Å². The van der Waals surface area contributed by atoms with Crippen molar-refractivity contribution in [2.75, 3.05) is 0 Å². The SMILES string of the molecule is CC1=C(C)[C]([Ti+3])([Si](c2c(C)c([Si](C)(C)C)c([Si](C)(C)C)c([Si](C)(C)C)c2[Si](C)(C)C)(c2c(C)c([Si](C)(C)C)c([Si](C)(C)C)c([Si](C)(C)C)c2[Si](C)(C)C)c2c(C)c([Si](C)(C)C)c([Si](C)(C)C)c([Si](C)(C)C)c2[Si](C)(C)C)C(C)=C1C.[Cl-].[Cl-].[Cl-]. The zero-order chi connectivity index (χ0) is 63.7. The van der Waals surface area contributed by atoms with Crippen LogP contribution in [0.25, 0.3) is 0 Å². The summed E-state index contributed by atoms with van der Waals surface area (Å²) >= 11 is 3.00. The number of hydrogen-bond acceptors (Lipinski definition) is 0. The Morgan fingerprint density at radius 3 is 0.422 bits per heavy atom. The van der Waals surface area contributed by atoms with Gasteiger partial charge in [-0.3, -0.25) is 0 Å². The molecule has 0 bridgehead atoms. The summed E-state index contributed by atoms with van der Waals surface area (Å²) in [6.07, 6.45) is 0. The van der Waals surface area contributed by atoms with Crippen LogP contribution in [-0.2, 0) is 20.4 Å². The molecule has 0 amide bonds. The van der Waals surface area contributed by atoms with Gasteiger partial charge in [-0.1, -0.05) is 0 Å². The van der Waals surface area contributed by atoms with Crippen molar-refractivity contribution in [2.45, 2.75) is 288 Å². The Balaban J connectivity index is 0.0000115. The van der Waals surface area contributed by atoms with Crippen LogP contribution in [0.15, 0.2) is 22.3 Å². The number of benzene rings is 3. The fourth-order valence-electron chi connectivity index (χ4n) is 16.5. The summed E-state index contributed by atoms with van der Waals surface area (Å²) < 4.78 is -0.255. The number of allylic oxidation sites excluding steroid dienone is 4. The van der Waals surface area contributed by atoms with Gasteiger partial charge in [0.05, 0.1) is 0 Å². The van der Waals surface area contributed by atoms with Gasteiger partial charge in [-0.05, 0) is 0 Å². The van der Waals surface area contributed by atoms with E-state index in [-0.39, 0.29) is 40.6 Å². The number of rotatable bonds is 16. The molecule has 0 unspecified atom stereocenters. The zero-order valence-corrected chi connectivity index (χ0v) is 79.5. The second-order valence-electron chi connectivity index (χ2n) is 38.5. The van der Waals surface area contributed by atoms with E-state index in [0.717, 1.165) is 0 Å². The maximum absolute atomic E-state index is 3.66. The minimum atomic E-state index is -3.66. The Morgan fingerprint density at radius 2 is 0.301 bits per heavy atom. The van der Waals surface area contributed by atoms with E-state index < -0.39 is 105 Å². The van der Waals surface area contributed by atoms with Gasteiger partial charge in [0.1, 0.15) is 0 Å². The summed E-state index contributed by atoms with van der Waals surface area (Å²) in [6, 6.07) is 0. The first-order valence-corrected chi connectivity index (χ1v) is 76.3. The van der Waals surface area contributed by atoms with Crippen molar-refractivity contribution in [1.29, 1.82) is 0 Å². The molecule has 0 heterocycles. The van der Waals surface area contributed by atoms with E-state index in [9.17, 15) is 0 Å². The zero-order valence-electron chi connectivity index (χ0n) is 62.6. The van der Waals surface area contributed by atoms with Crippen LogP contribution in [0.1, 0.15) is 44.4 Å². The summed E-state index contributed by atoms with van der Waals surface area (Å²) in [5, 5.41) is 29.1. The average molecular weight is 1440 g/mol. The number of halogens is 3. The van der Waals surface area contributed by atoms with E-state index >= 15 is 0 Å². The smallest absolute Gasteiger partial charge is 1.00 e. The van der Waals surface area contributed by atoms with Gasteiger partial charge in [-0.2, -0.15) is 0 Å². The third-order valence-electron chi connectivity index (χ3n) is 18.8. The molecule has 0 saturated heterocycles. The summed E-state index contributed by atoms with van der Waals surface area (Å²) in [7, 11) is -29.1. The molecule has 0 spiro atoms. The van der Waals surface area contributed by atoms with Crippen molar-refractivity contribution in [3.8, 4) is 0 Å². The molecule has 1 aliphatic carbocycles. The summed E-state index contributed by atoms with van der Waals surface area (Å²) in [5.74, 6) is 0. The van der Waals surface area contributed by atoms with Crippen molar-refractivity contribution in [1.82, 2.24) is 0 Å². The molecule has 1 aliphatic rings. The average Bonchev–Trinajstić information content (AvgIpc) is 3.31. The quantitative estimate of drug-likeness (QED) is 0.152. The Labute approximate surface area is 561 Å². The van der Waals surface area contributed by atoms with Gasteiger partial charge in [0.25, 0.3) is 0 Å². The fraction of sp³-hybridized carbons (Fsp3) is 0.667. The topological polar surface area (TPSA) is 0 Å². The molecule has 0 radical (unpaired) electrons. The second-order valence-corrected chi connectivity index (χ2v) is 104. The number of hydrogen-bond donors (Lipinski definition) is 0. The predicted octanol–water partition coefficient (Wildman–Crippen LogP) is 3.57. The minimum Gasteiger partial charge on any atom is -1.00 e. The van der Waals surface area contributed by atoms with E-state index in [0.29, 0.717) is 0 Å². The van der Waals surface area contributed by atoms with Gasteiger partial charge in [0.15, 0.2) is 0 Å². The molecule has 0 aliphatic heterocycles. The minimum absolute atomic E-state index is 0. The predicted molar refractivity (Wildman–Crippen MR) is 413 cm³/mol. The van der Waals surface area contributed by atoms with Crippen LogP contribution < -0.4 is 115 Å². The van der Waals surface area contributed by atoms with Crippen LogP contribution >= 0.6 is 0 Å². The Bertz CT molecular complexity index is 2760. The van der Waals surface area contributed by atoms with Crippen molar-refractivity contribution < 1.29 is 57.7 Å². The van der Waals surface area contributed by atoms with Gasteiger partial charge in [0.2, 0.25) is 0 Å². The van der Waals surface area contributed by atoms with Crippen LogP contribution in [0.3, 0.4) is 0 Å². The van der Waals surface area contributed by atoms with Crippen LogP contribution in [0.4, 0.5) is 0 Å². The molecule has 3 aromatic carbocycles. The maximum Gasteiger partial charge on any atom is -1.00 e. The van der Waals surface area contributed by atoms with E-state index in [1.54, 1.807) is 39.0 Å². The molecule has 470 valence electrons. The van der Waals surface area contributed by atoms with Crippen LogP contribution in [-0.4, -0.2) is 105 Å². The van der Waals surface area contributed by atoms with Crippen molar-refractivity contribution in [2.24, 2.45) is 0 Å². The van der Waals surface area contributed by atoms with Crippen molar-refractivity contribution >= 4 is 183 Å². The normalized spacial score (nSPS) is 15.9. The monoisotopic (exact) mass is 1440 g/mol. The Kier molecular flexibility index (Phi) is 24.7. The molecule has 0 nitrogen and oxygen atoms in total. The van der Waals surface area contributed by atoms with Gasteiger partial charge < -0.3 is 37.2 Å². The standard InChI is InChI=1S/C66H129Si13.3ClH.Ti/c1-44-45(2)47(4)51(46(44)3)79(55-48(5)52(67(8,9)10)58(70(17,18)19)64(76(35,36)37)61(55)73(26,27)28,56-49(6)53(68(11,12)13)59(71(20,21)22)65(77(38,39)40)62(56)74(29,30)31)57-50(7)54(69(14,15)16)60(72(23,24)25)66(78(41,42)43)63(57)75(32,33)34;;;;/h1-43H3;3*1H;/q;;;;+3/p-3. The Morgan fingerprint density at radius 1 is 0.193 bits per heavy atom. The van der Waals surface area contributed by atoms with Crippen molar-refractivity contribution in [3.05, 3.63) is 39.0 Å². The van der Waals surface area contributed by atoms with E-state index in [1.807, 2.05) is 77.8 Å². The fourth-order valence-corrected chi connectivity index (χ4v) is 75.1. The largest absolute Gasteiger partial charge is 1.00 e. The molecule has 0 saturated carbocycles. The summed E-state index contributed by atoms with van der Waals surface area (Å²) in [4.78, 5) is 0. The molecule has 0 N–H and O–H groups in total. The van der Waals surface area contributed by atoms with Gasteiger partial charge in [-0.15, -0.1) is 0 Å². The second kappa shape index (κ2) is 24.8. The summed E-state index contributed by atoms with van der Waals surface area (Å²) in [5.41, 5.74) is 12.0. The van der Waals surface area contributed by atoms with E-state index in [4.69, 9.17) is 0 Å². The first kappa shape index (κ1) is 82.6. The first-order chi connectivity index (χ1) is 34.7. The molecule has 0 atom stereocenters. The van der Waals surface area contributed by atoms with Gasteiger partial charge in [0, 0.05) is 0 Å². The van der Waals surface area contributed by atoms with Gasteiger partial charge in [-0.25, -0.2) is 0 Å². The maximum atomic E-state index is 3.00. The van der Waals surface area contributed by atoms with Gasteiger partial charge >= 0.3 is 530 Å². The third kappa shape index (κ3) is 14.4. The molecular formula is C66H129Cl3Si13Ti. The van der Waals surface area contributed by atoms with Crippen LogP contribution in [0.2, 0.25) is 239 Å². The van der Waals surface area contributed by atoms with Crippen LogP contribution in [0.5, 0.6) is 0 Å². The molecular weight excluding hydrogens is 1310 g/mol. The molecule has 83 heavy (non-hydrogen) atoms. The first-order valence-electron chi connectivity index (χ1n) is 31.5. The van der Waals surface area contributed by atoms with Crippen molar-refractivity contribution in [3.63, 3.8) is 0 Å². The molecule has 0 aromatic heterocycles.